The van der Waals surface area contributed by atoms with Gasteiger partial charge in [0, 0.05) is 16.2 Å². The van der Waals surface area contributed by atoms with Crippen molar-refractivity contribution in [3.8, 4) is 11.5 Å². The van der Waals surface area contributed by atoms with Crippen LogP contribution in [0.3, 0.4) is 0 Å². The van der Waals surface area contributed by atoms with E-state index in [1.807, 2.05) is 57.2 Å². The number of carbonyl (C=O) groups excluding carboxylic acids is 1. The SMILES string of the molecule is COc1cc(/C=C/C(=O)Nc2ccc(Br)cc2C)ccc1OC(C)C. The van der Waals surface area contributed by atoms with Gasteiger partial charge in [0.15, 0.2) is 11.5 Å². The Balaban J connectivity index is 2.08. The predicted octanol–water partition coefficient (Wildman–Crippen LogP) is 5.21. The van der Waals surface area contributed by atoms with Gasteiger partial charge in [0.05, 0.1) is 13.2 Å². The third kappa shape index (κ3) is 5.64. The zero-order valence-electron chi connectivity index (χ0n) is 14.8. The van der Waals surface area contributed by atoms with Gasteiger partial charge in [-0.2, -0.15) is 0 Å². The van der Waals surface area contributed by atoms with E-state index >= 15 is 0 Å². The molecule has 0 aliphatic heterocycles. The molecule has 0 aliphatic rings. The minimum Gasteiger partial charge on any atom is -0.493 e. The number of ether oxygens (including phenoxy) is 2. The molecule has 1 amide bonds. The van der Waals surface area contributed by atoms with Crippen molar-refractivity contribution in [2.24, 2.45) is 0 Å². The summed E-state index contributed by atoms with van der Waals surface area (Å²) in [6, 6.07) is 11.3. The van der Waals surface area contributed by atoms with Crippen molar-refractivity contribution >= 4 is 33.6 Å². The first-order valence-electron chi connectivity index (χ1n) is 7.99. The first kappa shape index (κ1) is 19.1. The standard InChI is InChI=1S/C20H22BrNO3/c1-13(2)25-18-9-5-15(12-19(18)24-4)6-10-20(23)22-17-8-7-16(21)11-14(17)3/h5-13H,1-4H3,(H,22,23)/b10-6+. The van der Waals surface area contributed by atoms with Gasteiger partial charge in [-0.05, 0) is 68.3 Å². The van der Waals surface area contributed by atoms with Gasteiger partial charge >= 0.3 is 0 Å². The number of carbonyl (C=O) groups is 1. The molecule has 2 rings (SSSR count). The second-order valence-electron chi connectivity index (χ2n) is 5.86. The second kappa shape index (κ2) is 8.72. The van der Waals surface area contributed by atoms with Crippen LogP contribution >= 0.6 is 15.9 Å². The quantitative estimate of drug-likeness (QED) is 0.673. The van der Waals surface area contributed by atoms with Crippen LogP contribution in [0, 0.1) is 6.92 Å². The molecular formula is C20H22BrNO3. The number of rotatable bonds is 6. The number of hydrogen-bond acceptors (Lipinski definition) is 3. The molecule has 1 N–H and O–H groups in total. The number of halogens is 1. The highest BCUT2D eigenvalue weighted by molar-refractivity contribution is 9.10. The second-order valence-corrected chi connectivity index (χ2v) is 6.77. The summed E-state index contributed by atoms with van der Waals surface area (Å²) < 4.78 is 12.0. The van der Waals surface area contributed by atoms with E-state index in [0.717, 1.165) is 21.3 Å². The van der Waals surface area contributed by atoms with Crippen molar-refractivity contribution in [3.63, 3.8) is 0 Å². The largest absolute Gasteiger partial charge is 0.493 e. The van der Waals surface area contributed by atoms with Gasteiger partial charge in [-0.15, -0.1) is 0 Å². The highest BCUT2D eigenvalue weighted by atomic mass is 79.9. The lowest BCUT2D eigenvalue weighted by molar-refractivity contribution is -0.111. The third-order valence-corrected chi connectivity index (χ3v) is 3.92. The highest BCUT2D eigenvalue weighted by Gasteiger charge is 2.07. The summed E-state index contributed by atoms with van der Waals surface area (Å²) in [6.45, 7) is 5.87. The van der Waals surface area contributed by atoms with E-state index in [9.17, 15) is 4.79 Å². The Hall–Kier alpha value is -2.27. The summed E-state index contributed by atoms with van der Waals surface area (Å²) in [4.78, 5) is 12.1. The Morgan fingerprint density at radius 1 is 1.16 bits per heavy atom. The number of amides is 1. The minimum absolute atomic E-state index is 0.0650. The molecule has 0 fully saturated rings. The molecule has 0 aliphatic carbocycles. The van der Waals surface area contributed by atoms with Crippen LogP contribution in [0.15, 0.2) is 46.9 Å². The van der Waals surface area contributed by atoms with Crippen LogP contribution in [0.4, 0.5) is 5.69 Å². The van der Waals surface area contributed by atoms with Crippen molar-refractivity contribution in [2.75, 3.05) is 12.4 Å². The lowest BCUT2D eigenvalue weighted by Crippen LogP contribution is -2.09. The van der Waals surface area contributed by atoms with Crippen LogP contribution in [-0.4, -0.2) is 19.1 Å². The average molecular weight is 404 g/mol. The Morgan fingerprint density at radius 3 is 2.56 bits per heavy atom. The number of benzene rings is 2. The Bertz CT molecular complexity index is 785. The summed E-state index contributed by atoms with van der Waals surface area (Å²) >= 11 is 3.41. The van der Waals surface area contributed by atoms with E-state index in [-0.39, 0.29) is 12.0 Å². The van der Waals surface area contributed by atoms with E-state index in [0.29, 0.717) is 11.5 Å². The first-order valence-corrected chi connectivity index (χ1v) is 8.78. The summed E-state index contributed by atoms with van der Waals surface area (Å²) in [5.41, 5.74) is 2.64. The summed E-state index contributed by atoms with van der Waals surface area (Å²) in [7, 11) is 1.60. The van der Waals surface area contributed by atoms with E-state index in [1.54, 1.807) is 13.2 Å². The molecule has 0 saturated carbocycles. The summed E-state index contributed by atoms with van der Waals surface area (Å²) in [5.74, 6) is 1.14. The van der Waals surface area contributed by atoms with Gasteiger partial charge in [-0.1, -0.05) is 22.0 Å². The fourth-order valence-corrected chi connectivity index (χ4v) is 2.73. The van der Waals surface area contributed by atoms with Gasteiger partial charge in [0.1, 0.15) is 0 Å². The van der Waals surface area contributed by atoms with Crippen molar-refractivity contribution in [2.45, 2.75) is 26.9 Å². The number of hydrogen-bond donors (Lipinski definition) is 1. The average Bonchev–Trinajstić information content (AvgIpc) is 2.56. The van der Waals surface area contributed by atoms with Gasteiger partial charge in [-0.3, -0.25) is 4.79 Å². The predicted molar refractivity (Wildman–Crippen MR) is 105 cm³/mol. The van der Waals surface area contributed by atoms with E-state index < -0.39 is 0 Å². The van der Waals surface area contributed by atoms with Crippen molar-refractivity contribution in [1.29, 1.82) is 0 Å². The van der Waals surface area contributed by atoms with E-state index in [1.165, 1.54) is 6.08 Å². The van der Waals surface area contributed by atoms with Gasteiger partial charge in [0.2, 0.25) is 5.91 Å². The molecule has 0 unspecified atom stereocenters. The van der Waals surface area contributed by atoms with Gasteiger partial charge in [-0.25, -0.2) is 0 Å². The number of aryl methyl sites for hydroxylation is 1. The molecule has 25 heavy (non-hydrogen) atoms. The Kier molecular flexibility index (Phi) is 6.65. The van der Waals surface area contributed by atoms with E-state index in [2.05, 4.69) is 21.2 Å². The third-order valence-electron chi connectivity index (χ3n) is 3.42. The molecule has 0 atom stereocenters. The van der Waals surface area contributed by atoms with Crippen molar-refractivity contribution in [1.82, 2.24) is 0 Å². The lowest BCUT2D eigenvalue weighted by Gasteiger charge is -2.13. The topological polar surface area (TPSA) is 47.6 Å². The van der Waals surface area contributed by atoms with Gasteiger partial charge < -0.3 is 14.8 Å². The summed E-state index contributed by atoms with van der Waals surface area (Å²) in [5, 5.41) is 2.87. The molecule has 0 saturated heterocycles. The maximum Gasteiger partial charge on any atom is 0.248 e. The Labute approximate surface area is 157 Å². The van der Waals surface area contributed by atoms with Crippen LogP contribution in [0.5, 0.6) is 11.5 Å². The number of methoxy groups -OCH3 is 1. The molecule has 0 radical (unpaired) electrons. The maximum absolute atomic E-state index is 12.1. The smallest absolute Gasteiger partial charge is 0.248 e. The molecule has 0 aromatic heterocycles. The molecule has 5 heteroatoms. The van der Waals surface area contributed by atoms with Crippen LogP contribution in [0.2, 0.25) is 0 Å². The molecule has 0 bridgehead atoms. The molecule has 4 nitrogen and oxygen atoms in total. The van der Waals surface area contributed by atoms with Crippen molar-refractivity contribution < 1.29 is 14.3 Å². The Morgan fingerprint density at radius 2 is 1.92 bits per heavy atom. The number of anilines is 1. The van der Waals surface area contributed by atoms with Crippen LogP contribution in [0.1, 0.15) is 25.0 Å². The molecule has 2 aromatic carbocycles. The molecule has 132 valence electrons. The molecule has 0 heterocycles. The zero-order chi connectivity index (χ0) is 18.4. The normalized spacial score (nSPS) is 11.0. The lowest BCUT2D eigenvalue weighted by atomic mass is 10.1. The maximum atomic E-state index is 12.1. The number of nitrogens with one attached hydrogen (secondary N) is 1. The molecule has 2 aromatic rings. The van der Waals surface area contributed by atoms with Crippen LogP contribution in [0.25, 0.3) is 6.08 Å². The van der Waals surface area contributed by atoms with Gasteiger partial charge in [0.25, 0.3) is 0 Å². The molecule has 0 spiro atoms. The van der Waals surface area contributed by atoms with E-state index in [4.69, 9.17) is 9.47 Å². The minimum atomic E-state index is -0.188. The fourth-order valence-electron chi connectivity index (χ4n) is 2.25. The summed E-state index contributed by atoms with van der Waals surface area (Å²) in [6.07, 6.45) is 3.31. The monoisotopic (exact) mass is 403 g/mol. The highest BCUT2D eigenvalue weighted by Crippen LogP contribution is 2.29. The van der Waals surface area contributed by atoms with Crippen LogP contribution < -0.4 is 14.8 Å². The zero-order valence-corrected chi connectivity index (χ0v) is 16.4. The van der Waals surface area contributed by atoms with Crippen LogP contribution in [-0.2, 0) is 4.79 Å². The van der Waals surface area contributed by atoms with Crippen molar-refractivity contribution in [3.05, 3.63) is 58.1 Å². The fraction of sp³-hybridized carbons (Fsp3) is 0.250. The molecular weight excluding hydrogens is 382 g/mol. The first-order chi connectivity index (χ1) is 11.9.